The smallest absolute Gasteiger partial charge is 0.305 e. The van der Waals surface area contributed by atoms with E-state index >= 15 is 0 Å². The first-order chi connectivity index (χ1) is 54.8. The number of benzene rings is 9. The summed E-state index contributed by atoms with van der Waals surface area (Å²) >= 11 is 0. The molecule has 111 heavy (non-hydrogen) atoms. The maximum absolute atomic E-state index is 14.6. The Bertz CT molecular complexity index is 4200. The first kappa shape index (κ1) is 80.1. The number of nitrogens with zero attached hydrogens (tertiary/aromatic N) is 2. The lowest BCUT2D eigenvalue weighted by Crippen LogP contribution is -2.68. The molecule has 0 amide bonds. The van der Waals surface area contributed by atoms with Crippen LogP contribution in [0.2, 0.25) is 0 Å². The lowest BCUT2D eigenvalue weighted by molar-refractivity contribution is -0.671. The highest BCUT2D eigenvalue weighted by Crippen LogP contribution is 2.40. The predicted octanol–water partition coefficient (Wildman–Crippen LogP) is 14.5. The van der Waals surface area contributed by atoms with E-state index in [4.69, 9.17) is 75.8 Å². The molecule has 9 aromatic carbocycles. The molecule has 10 aromatic rings. The molecule has 19 nitrogen and oxygen atoms in total. The predicted molar refractivity (Wildman–Crippen MR) is 415 cm³/mol. The van der Waals surface area contributed by atoms with E-state index in [1.165, 1.54) is 0 Å². The van der Waals surface area contributed by atoms with E-state index in [9.17, 15) is 4.79 Å². The molecule has 0 bridgehead atoms. The van der Waals surface area contributed by atoms with Gasteiger partial charge in [-0.05, 0) is 69.3 Å². The molecule has 19 heteroatoms. The number of methoxy groups -OCH3 is 1. The summed E-state index contributed by atoms with van der Waals surface area (Å²) in [6.45, 7) is 1.96. The van der Waals surface area contributed by atoms with Crippen LogP contribution in [0.25, 0.3) is 0 Å². The van der Waals surface area contributed by atoms with Crippen molar-refractivity contribution in [1.82, 2.24) is 4.57 Å². The number of aromatic nitrogens is 2. The number of imidazole rings is 1. The van der Waals surface area contributed by atoms with Gasteiger partial charge in [-0.1, -0.05) is 273 Å². The number of unbranched alkanes of at least 4 members (excludes halogenated alkanes) is 2. The first-order valence-electron chi connectivity index (χ1n) is 38.6. The topological polar surface area (TPSA) is 174 Å². The Morgan fingerprint density at radius 1 is 0.333 bits per heavy atom. The molecular formula is C92H103N2O17+. The number of hydrogen-bond acceptors (Lipinski definition) is 17. The highest BCUT2D eigenvalue weighted by Gasteiger charge is 2.57. The summed E-state index contributed by atoms with van der Waals surface area (Å²) in [6.07, 6.45) is -7.45. The third-order valence-electron chi connectivity index (χ3n) is 19.9. The third-order valence-corrected chi connectivity index (χ3v) is 19.9. The van der Waals surface area contributed by atoms with Crippen molar-refractivity contribution < 1.29 is 85.2 Å². The minimum Gasteiger partial charge on any atom is -0.463 e. The molecule has 13 rings (SSSR count). The lowest BCUT2D eigenvalue weighted by Gasteiger charge is -2.51. The number of rotatable bonds is 42. The van der Waals surface area contributed by atoms with E-state index in [-0.39, 0.29) is 85.7 Å². The minimum absolute atomic E-state index is 0.00617. The van der Waals surface area contributed by atoms with Crippen LogP contribution in [0.4, 0.5) is 0 Å². The zero-order valence-electron chi connectivity index (χ0n) is 63.2. The van der Waals surface area contributed by atoms with Crippen LogP contribution < -0.4 is 4.57 Å². The molecule has 15 atom stereocenters. The van der Waals surface area contributed by atoms with Crippen molar-refractivity contribution in [3.05, 3.63) is 342 Å². The number of hydrogen-bond donors (Lipinski definition) is 0. The Balaban J connectivity index is 0.926. The Kier molecular flexibility index (Phi) is 31.2. The normalized spacial score (nSPS) is 23.9. The highest BCUT2D eigenvalue weighted by molar-refractivity contribution is 5.69. The van der Waals surface area contributed by atoms with Crippen molar-refractivity contribution in [3.63, 3.8) is 0 Å². The second-order valence-corrected chi connectivity index (χ2v) is 28.2. The van der Waals surface area contributed by atoms with E-state index in [2.05, 4.69) is 4.57 Å². The fraction of sp³-hybridized carbons (Fsp3) is 0.370. The van der Waals surface area contributed by atoms with Crippen LogP contribution in [0.3, 0.4) is 0 Å². The molecule has 3 aliphatic heterocycles. The molecule has 0 N–H and O–H groups in total. The van der Waals surface area contributed by atoms with Crippen molar-refractivity contribution >= 4 is 5.97 Å². The summed E-state index contributed by atoms with van der Waals surface area (Å²) in [5.74, 6) is -0.428. The second-order valence-electron chi connectivity index (χ2n) is 28.2. The average molecular weight is 1510 g/mol. The van der Waals surface area contributed by atoms with Crippen LogP contribution in [-0.4, -0.2) is 130 Å². The Hall–Kier alpha value is -8.94. The monoisotopic (exact) mass is 1510 g/mol. The van der Waals surface area contributed by atoms with Crippen molar-refractivity contribution in [2.75, 3.05) is 26.9 Å². The van der Waals surface area contributed by atoms with Crippen LogP contribution in [0.5, 0.6) is 0 Å². The average Bonchev–Trinajstić information content (AvgIpc) is 0.778. The van der Waals surface area contributed by atoms with E-state index < -0.39 is 98.1 Å². The van der Waals surface area contributed by atoms with Crippen LogP contribution in [0.1, 0.15) is 75.8 Å². The number of aryl methyl sites for hydroxylation is 2. The molecule has 3 fully saturated rings. The third kappa shape index (κ3) is 24.3. The van der Waals surface area contributed by atoms with Gasteiger partial charge in [0.15, 0.2) is 18.9 Å². The van der Waals surface area contributed by atoms with Crippen LogP contribution >= 0.6 is 0 Å². The molecule has 1 aromatic heterocycles. The summed E-state index contributed by atoms with van der Waals surface area (Å²) in [4.78, 5) is 14.6. The van der Waals surface area contributed by atoms with Gasteiger partial charge >= 0.3 is 5.97 Å². The largest absolute Gasteiger partial charge is 0.463 e. The molecule has 0 aliphatic carbocycles. The van der Waals surface area contributed by atoms with Gasteiger partial charge in [-0.2, -0.15) is 0 Å². The second kappa shape index (κ2) is 43.2. The quantitative estimate of drug-likeness (QED) is 0.0201. The van der Waals surface area contributed by atoms with Crippen LogP contribution in [0.15, 0.2) is 292 Å². The van der Waals surface area contributed by atoms with E-state index in [1.54, 1.807) is 7.11 Å². The SMILES string of the molecule is CO[C@H]1O[C@H](COCc2ccccc2)[C@@H](O[C@H]2O[C@H](COC(=O)CCCCCn3cc[n+](C)c3)[C@@H](O[C@H]3O[C@H](COCc4ccccc4)[C@@H](OCc4ccccc4)[C@H](OCc4ccccc4)[C@H]3OCc3ccccc3)[C@H](OCc3ccccc3)[C@H]2OCc2ccccc2)[C@H](OCc2ccccc2)[C@H]1OCc1ccccc1. The zero-order chi connectivity index (χ0) is 75.9. The van der Waals surface area contributed by atoms with Gasteiger partial charge in [0.1, 0.15) is 92.2 Å². The summed E-state index contributed by atoms with van der Waals surface area (Å²) in [7, 11) is 3.59. The first-order valence-corrected chi connectivity index (χ1v) is 38.6. The fourth-order valence-corrected chi connectivity index (χ4v) is 14.1. The van der Waals surface area contributed by atoms with Crippen LogP contribution in [-0.2, 0) is 154 Å². The van der Waals surface area contributed by atoms with E-state index in [0.717, 1.165) is 69.5 Å². The van der Waals surface area contributed by atoms with Crippen LogP contribution in [0, 0.1) is 0 Å². The molecule has 0 unspecified atom stereocenters. The van der Waals surface area contributed by atoms with E-state index in [1.807, 2.05) is 303 Å². The molecular weight excluding hydrogens is 1410 g/mol. The molecule has 0 saturated carbocycles. The molecule has 3 saturated heterocycles. The fourth-order valence-electron chi connectivity index (χ4n) is 14.1. The number of ether oxygens (including phenoxy) is 16. The molecule has 0 spiro atoms. The highest BCUT2D eigenvalue weighted by atomic mass is 16.8. The summed E-state index contributed by atoms with van der Waals surface area (Å²) < 4.78 is 119. The van der Waals surface area contributed by atoms with Gasteiger partial charge < -0.3 is 75.8 Å². The molecule has 3 aliphatic rings. The van der Waals surface area contributed by atoms with Crippen molar-refractivity contribution in [3.8, 4) is 0 Å². The van der Waals surface area contributed by atoms with Gasteiger partial charge in [0.25, 0.3) is 0 Å². The molecule has 0 radical (unpaired) electrons. The Labute approximate surface area is 652 Å². The summed E-state index contributed by atoms with van der Waals surface area (Å²) in [6, 6.07) is 89.5. The van der Waals surface area contributed by atoms with Gasteiger partial charge in [-0.15, -0.1) is 0 Å². The van der Waals surface area contributed by atoms with Gasteiger partial charge in [-0.25, -0.2) is 9.13 Å². The summed E-state index contributed by atoms with van der Waals surface area (Å²) in [5, 5.41) is 0. The van der Waals surface area contributed by atoms with Gasteiger partial charge in [0.05, 0.1) is 86.3 Å². The van der Waals surface area contributed by atoms with E-state index in [0.29, 0.717) is 6.42 Å². The molecule has 582 valence electrons. The minimum atomic E-state index is -1.38. The van der Waals surface area contributed by atoms with Crippen molar-refractivity contribution in [2.24, 2.45) is 7.05 Å². The maximum Gasteiger partial charge on any atom is 0.305 e. The molecule has 4 heterocycles. The number of carbonyl (C=O) groups is 1. The van der Waals surface area contributed by atoms with Gasteiger partial charge in [0, 0.05) is 13.5 Å². The van der Waals surface area contributed by atoms with Gasteiger partial charge in [-0.3, -0.25) is 4.79 Å². The summed E-state index contributed by atoms with van der Waals surface area (Å²) in [5.41, 5.74) is 8.21. The zero-order valence-corrected chi connectivity index (χ0v) is 63.2. The lowest BCUT2D eigenvalue weighted by atomic mass is 9.95. The van der Waals surface area contributed by atoms with Crippen molar-refractivity contribution in [2.45, 2.75) is 184 Å². The standard InChI is InChI=1S/C92H103N2O17/c1-93-53-54-94(67-93)52-32-12-31-51-80(95)99-66-79-83(111-91-88(105-62-75-47-27-10-28-48-75)84(101-58-71-39-19-6-20-40-71)81(100-57-70-37-17-5-18-38-70)77(108-91)64-97-55-68-33-13-3-14-34-68)86(103-60-73-43-23-8-24-44-73)89(106-63-76-49-29-11-30-50-76)92(109-79)110-82-78(65-98-56-69-35-15-4-16-36-69)107-90(96-2)87(104-61-74-45-25-9-26-46-74)85(82)102-59-72-41-21-7-22-42-72/h3-11,13-30,33-50,53-54,67,77-79,81-92H,12,31-32,51-52,55-66H2,1-2H3/q+1/t77-,78-,79-,81-,82-,83-,84+,85+,86+,87-,88-,89-,90+,91-,92-/m1/s1. The maximum atomic E-state index is 14.6. The number of carbonyl (C=O) groups excluding carboxylic acids is 1. The van der Waals surface area contributed by atoms with Crippen molar-refractivity contribution in [1.29, 1.82) is 0 Å². The Morgan fingerprint density at radius 3 is 0.955 bits per heavy atom. The Morgan fingerprint density at radius 2 is 0.622 bits per heavy atom. The van der Waals surface area contributed by atoms with Gasteiger partial charge in [0.2, 0.25) is 6.33 Å². The number of esters is 1.